The van der Waals surface area contributed by atoms with Crippen molar-refractivity contribution in [2.75, 3.05) is 0 Å². The maximum Gasteiger partial charge on any atom is 0.126 e. The molecule has 0 heterocycles. The van der Waals surface area contributed by atoms with Gasteiger partial charge in [-0.25, -0.2) is 0 Å². The number of aldehydes is 1. The van der Waals surface area contributed by atoms with Gasteiger partial charge in [0.05, 0.1) is 0 Å². The average Bonchev–Trinajstić information content (AvgIpc) is 2.42. The normalized spacial score (nSPS) is 25.7. The van der Waals surface area contributed by atoms with E-state index in [9.17, 15) is 4.79 Å². The molecule has 68 valence electrons. The van der Waals surface area contributed by atoms with Crippen molar-refractivity contribution in [2.24, 2.45) is 5.41 Å². The van der Waals surface area contributed by atoms with Crippen LogP contribution < -0.4 is 0 Å². The van der Waals surface area contributed by atoms with Crippen LogP contribution in [-0.4, -0.2) is 6.29 Å². The molecule has 13 heavy (non-hydrogen) atoms. The van der Waals surface area contributed by atoms with Gasteiger partial charge in [0.15, 0.2) is 0 Å². The second kappa shape index (κ2) is 2.69. The zero-order valence-electron chi connectivity index (χ0n) is 8.13. The summed E-state index contributed by atoms with van der Waals surface area (Å²) in [6.07, 6.45) is 2.92. The number of carbonyl (C=O) groups excluding carboxylic acids is 1. The highest BCUT2D eigenvalue weighted by Crippen LogP contribution is 2.35. The van der Waals surface area contributed by atoms with Crippen molar-refractivity contribution in [3.05, 3.63) is 34.9 Å². The fourth-order valence-electron chi connectivity index (χ4n) is 2.11. The lowest BCUT2D eigenvalue weighted by Crippen LogP contribution is -2.17. The van der Waals surface area contributed by atoms with E-state index in [-0.39, 0.29) is 5.41 Å². The first-order valence-corrected chi connectivity index (χ1v) is 4.68. The summed E-state index contributed by atoms with van der Waals surface area (Å²) in [6, 6.07) is 6.47. The van der Waals surface area contributed by atoms with Crippen LogP contribution in [0.4, 0.5) is 0 Å². The molecule has 0 N–H and O–H groups in total. The van der Waals surface area contributed by atoms with E-state index in [0.717, 1.165) is 19.1 Å². The first-order valence-electron chi connectivity index (χ1n) is 4.68. The van der Waals surface area contributed by atoms with E-state index in [1.54, 1.807) is 0 Å². The number of hydrogen-bond acceptors (Lipinski definition) is 1. The molecule has 0 aliphatic heterocycles. The minimum atomic E-state index is -0.143. The SMILES string of the molecule is Cc1ccc2c(c1)C[C@](C)(C=O)C2. The number of hydrogen-bond donors (Lipinski definition) is 0. The molecular weight excluding hydrogens is 160 g/mol. The van der Waals surface area contributed by atoms with Gasteiger partial charge < -0.3 is 4.79 Å². The number of carbonyl (C=O) groups is 1. The van der Waals surface area contributed by atoms with Crippen LogP contribution in [0.15, 0.2) is 18.2 Å². The third-order valence-electron chi connectivity index (χ3n) is 2.83. The number of aryl methyl sites for hydroxylation is 1. The second-order valence-corrected chi connectivity index (χ2v) is 4.40. The molecule has 0 unspecified atom stereocenters. The van der Waals surface area contributed by atoms with Crippen molar-refractivity contribution in [3.63, 3.8) is 0 Å². The van der Waals surface area contributed by atoms with Crippen LogP contribution in [0, 0.1) is 12.3 Å². The fourth-order valence-corrected chi connectivity index (χ4v) is 2.11. The van der Waals surface area contributed by atoms with Gasteiger partial charge in [0.1, 0.15) is 6.29 Å². The Morgan fingerprint density at radius 1 is 1.31 bits per heavy atom. The molecule has 0 saturated carbocycles. The zero-order valence-corrected chi connectivity index (χ0v) is 8.13. The minimum absolute atomic E-state index is 0.143. The Bertz CT molecular complexity index is 354. The van der Waals surface area contributed by atoms with Crippen molar-refractivity contribution < 1.29 is 4.79 Å². The van der Waals surface area contributed by atoms with E-state index >= 15 is 0 Å². The fraction of sp³-hybridized carbons (Fsp3) is 0.417. The number of rotatable bonds is 1. The molecule has 0 spiro atoms. The predicted octanol–water partition coefficient (Wildman–Crippen LogP) is 2.30. The average molecular weight is 174 g/mol. The molecule has 1 aliphatic rings. The monoisotopic (exact) mass is 174 g/mol. The van der Waals surface area contributed by atoms with Crippen molar-refractivity contribution in [2.45, 2.75) is 26.7 Å². The van der Waals surface area contributed by atoms with E-state index in [2.05, 4.69) is 25.1 Å². The van der Waals surface area contributed by atoms with Gasteiger partial charge in [-0.1, -0.05) is 30.7 Å². The molecule has 1 aromatic carbocycles. The zero-order chi connectivity index (χ0) is 9.47. The highest BCUT2D eigenvalue weighted by Gasteiger charge is 2.32. The lowest BCUT2D eigenvalue weighted by atomic mass is 9.89. The summed E-state index contributed by atoms with van der Waals surface area (Å²) < 4.78 is 0. The lowest BCUT2D eigenvalue weighted by molar-refractivity contribution is -0.115. The Morgan fingerprint density at radius 2 is 2.00 bits per heavy atom. The van der Waals surface area contributed by atoms with E-state index in [4.69, 9.17) is 0 Å². The van der Waals surface area contributed by atoms with Gasteiger partial charge in [0.2, 0.25) is 0 Å². The molecule has 0 radical (unpaired) electrons. The van der Waals surface area contributed by atoms with Crippen LogP contribution in [-0.2, 0) is 17.6 Å². The van der Waals surface area contributed by atoms with E-state index < -0.39 is 0 Å². The maximum atomic E-state index is 10.9. The third kappa shape index (κ3) is 1.39. The van der Waals surface area contributed by atoms with Crippen molar-refractivity contribution in [3.8, 4) is 0 Å². The Labute approximate surface area is 78.8 Å². The van der Waals surface area contributed by atoms with Crippen LogP contribution >= 0.6 is 0 Å². The molecule has 1 aromatic rings. The van der Waals surface area contributed by atoms with Gasteiger partial charge >= 0.3 is 0 Å². The number of benzene rings is 1. The van der Waals surface area contributed by atoms with Crippen molar-refractivity contribution in [1.82, 2.24) is 0 Å². The summed E-state index contributed by atoms with van der Waals surface area (Å²) in [4.78, 5) is 10.9. The van der Waals surface area contributed by atoms with E-state index in [1.807, 2.05) is 6.92 Å². The smallest absolute Gasteiger partial charge is 0.126 e. The van der Waals surface area contributed by atoms with Gasteiger partial charge in [-0.2, -0.15) is 0 Å². The van der Waals surface area contributed by atoms with Gasteiger partial charge in [-0.05, 0) is 30.9 Å². The molecular formula is C12H14O. The first kappa shape index (κ1) is 8.49. The van der Waals surface area contributed by atoms with Crippen molar-refractivity contribution in [1.29, 1.82) is 0 Å². The van der Waals surface area contributed by atoms with E-state index in [1.165, 1.54) is 16.7 Å². The van der Waals surface area contributed by atoms with Crippen LogP contribution in [0.3, 0.4) is 0 Å². The topological polar surface area (TPSA) is 17.1 Å². The molecule has 1 heteroatoms. The Balaban J connectivity index is 2.40. The summed E-state index contributed by atoms with van der Waals surface area (Å²) in [5, 5.41) is 0. The molecule has 0 saturated heterocycles. The summed E-state index contributed by atoms with van der Waals surface area (Å²) in [7, 11) is 0. The molecule has 1 atom stereocenters. The van der Waals surface area contributed by atoms with Crippen LogP contribution in [0.25, 0.3) is 0 Å². The van der Waals surface area contributed by atoms with E-state index in [0.29, 0.717) is 0 Å². The molecule has 0 aromatic heterocycles. The number of fused-ring (bicyclic) bond motifs is 1. The largest absolute Gasteiger partial charge is 0.303 e. The van der Waals surface area contributed by atoms with Crippen LogP contribution in [0.1, 0.15) is 23.6 Å². The summed E-state index contributed by atoms with van der Waals surface area (Å²) in [6.45, 7) is 4.13. The summed E-state index contributed by atoms with van der Waals surface area (Å²) >= 11 is 0. The van der Waals surface area contributed by atoms with Gasteiger partial charge in [-0.3, -0.25) is 0 Å². The Morgan fingerprint density at radius 3 is 2.69 bits per heavy atom. The third-order valence-corrected chi connectivity index (χ3v) is 2.83. The van der Waals surface area contributed by atoms with Crippen LogP contribution in [0.5, 0.6) is 0 Å². The molecule has 2 rings (SSSR count). The maximum absolute atomic E-state index is 10.9. The Kier molecular flexibility index (Phi) is 1.76. The molecule has 1 aliphatic carbocycles. The second-order valence-electron chi connectivity index (χ2n) is 4.40. The van der Waals surface area contributed by atoms with Gasteiger partial charge in [0, 0.05) is 5.41 Å². The summed E-state index contributed by atoms with van der Waals surface area (Å²) in [5.74, 6) is 0. The molecule has 0 fully saturated rings. The minimum Gasteiger partial charge on any atom is -0.303 e. The molecule has 0 bridgehead atoms. The first-order chi connectivity index (χ1) is 6.13. The van der Waals surface area contributed by atoms with Crippen molar-refractivity contribution >= 4 is 6.29 Å². The molecule has 0 amide bonds. The van der Waals surface area contributed by atoms with Gasteiger partial charge in [0.25, 0.3) is 0 Å². The highest BCUT2D eigenvalue weighted by atomic mass is 16.1. The highest BCUT2D eigenvalue weighted by molar-refractivity contribution is 5.63. The molecule has 1 nitrogen and oxygen atoms in total. The summed E-state index contributed by atoms with van der Waals surface area (Å²) in [5.41, 5.74) is 3.85. The van der Waals surface area contributed by atoms with Gasteiger partial charge in [-0.15, -0.1) is 0 Å². The van der Waals surface area contributed by atoms with Crippen LogP contribution in [0.2, 0.25) is 0 Å². The predicted molar refractivity (Wildman–Crippen MR) is 52.8 cm³/mol. The quantitative estimate of drug-likeness (QED) is 0.597. The standard InChI is InChI=1S/C12H14O/c1-9-3-4-10-6-12(2,8-13)7-11(10)5-9/h3-5,8H,6-7H2,1-2H3/t12-/m1/s1. The Hall–Kier alpha value is -1.11. The lowest BCUT2D eigenvalue weighted by Gasteiger charge is -2.12.